The van der Waals surface area contributed by atoms with Crippen LogP contribution in [0.25, 0.3) is 0 Å². The molecule has 1 heteroatoms. The Morgan fingerprint density at radius 3 is 2.00 bits per heavy atom. The van der Waals surface area contributed by atoms with Crippen LogP contribution in [-0.4, -0.2) is 7.85 Å². The van der Waals surface area contributed by atoms with Gasteiger partial charge in [0, 0.05) is 0 Å². The van der Waals surface area contributed by atoms with Gasteiger partial charge in [0.2, 0.25) is 0 Å². The third-order valence-electron chi connectivity index (χ3n) is 2.50. The van der Waals surface area contributed by atoms with Crippen molar-refractivity contribution in [3.8, 4) is 0 Å². The van der Waals surface area contributed by atoms with Gasteiger partial charge in [0.25, 0.3) is 0 Å². The Morgan fingerprint density at radius 2 is 1.89 bits per heavy atom. The van der Waals surface area contributed by atoms with Crippen molar-refractivity contribution in [1.29, 1.82) is 0 Å². The molecule has 2 radical (unpaired) electrons. The van der Waals surface area contributed by atoms with Crippen LogP contribution < -0.4 is 0 Å². The molecule has 2 atom stereocenters. The fourth-order valence-electron chi connectivity index (χ4n) is 0.815. The van der Waals surface area contributed by atoms with Crippen molar-refractivity contribution in [2.75, 3.05) is 0 Å². The van der Waals surface area contributed by atoms with Crippen LogP contribution in [0.4, 0.5) is 0 Å². The van der Waals surface area contributed by atoms with E-state index in [0.29, 0.717) is 5.92 Å². The van der Waals surface area contributed by atoms with Gasteiger partial charge in [0.1, 0.15) is 0 Å². The molecule has 2 unspecified atom stereocenters. The molecule has 0 nitrogen and oxygen atoms in total. The van der Waals surface area contributed by atoms with E-state index in [1.807, 2.05) is 0 Å². The summed E-state index contributed by atoms with van der Waals surface area (Å²) in [6, 6.07) is 0. The minimum Gasteiger partial charge on any atom is -0.0674 e. The summed E-state index contributed by atoms with van der Waals surface area (Å²) >= 11 is 0. The first kappa shape index (κ1) is 9.06. The molecule has 0 saturated heterocycles. The van der Waals surface area contributed by atoms with Crippen molar-refractivity contribution in [2.24, 2.45) is 5.92 Å². The standard InChI is InChI=1S/C8H17B/c1-5-7(3)8(4,9)6-2/h7H,5-6H2,1-4H3. The van der Waals surface area contributed by atoms with Gasteiger partial charge < -0.3 is 0 Å². The topological polar surface area (TPSA) is 0 Å². The maximum Gasteiger partial charge on any atom is 0.0746 e. The lowest BCUT2D eigenvalue weighted by Gasteiger charge is -2.30. The van der Waals surface area contributed by atoms with Crippen molar-refractivity contribution in [1.82, 2.24) is 0 Å². The zero-order chi connectivity index (χ0) is 7.49. The highest BCUT2D eigenvalue weighted by atomic mass is 14.2. The summed E-state index contributed by atoms with van der Waals surface area (Å²) in [6.07, 6.45) is 2.25. The average molecular weight is 124 g/mol. The molecule has 9 heavy (non-hydrogen) atoms. The maximum atomic E-state index is 5.97. The highest BCUT2D eigenvalue weighted by Crippen LogP contribution is 2.36. The van der Waals surface area contributed by atoms with Crippen LogP contribution in [0, 0.1) is 5.92 Å². The van der Waals surface area contributed by atoms with Crippen LogP contribution in [0.1, 0.15) is 40.5 Å². The first-order valence-electron chi connectivity index (χ1n) is 3.83. The van der Waals surface area contributed by atoms with E-state index in [1.54, 1.807) is 0 Å². The highest BCUT2D eigenvalue weighted by molar-refractivity contribution is 6.15. The Kier molecular flexibility index (Phi) is 3.31. The summed E-state index contributed by atoms with van der Waals surface area (Å²) in [6.45, 7) is 8.67. The molecule has 0 fully saturated rings. The third kappa shape index (κ3) is 2.42. The highest BCUT2D eigenvalue weighted by Gasteiger charge is 2.20. The summed E-state index contributed by atoms with van der Waals surface area (Å²) in [5.74, 6) is 0.641. The average Bonchev–Trinajstić information content (AvgIpc) is 1.86. The largest absolute Gasteiger partial charge is 0.0746 e. The van der Waals surface area contributed by atoms with Crippen molar-refractivity contribution in [3.63, 3.8) is 0 Å². The molecule has 0 aromatic carbocycles. The monoisotopic (exact) mass is 124 g/mol. The van der Waals surface area contributed by atoms with E-state index in [2.05, 4.69) is 27.7 Å². The summed E-state index contributed by atoms with van der Waals surface area (Å²) in [4.78, 5) is 0. The van der Waals surface area contributed by atoms with Crippen molar-refractivity contribution >= 4 is 7.85 Å². The lowest BCUT2D eigenvalue weighted by Crippen LogP contribution is -2.16. The zero-order valence-electron chi connectivity index (χ0n) is 7.07. The normalized spacial score (nSPS) is 20.9. The minimum absolute atomic E-state index is 0.0503. The molecule has 0 amide bonds. The second-order valence-electron chi connectivity index (χ2n) is 3.17. The maximum absolute atomic E-state index is 5.97. The minimum atomic E-state index is 0.0503. The van der Waals surface area contributed by atoms with Gasteiger partial charge in [-0.05, 0) is 5.92 Å². The Hall–Kier alpha value is 0.0649. The van der Waals surface area contributed by atoms with Gasteiger partial charge in [0.15, 0.2) is 0 Å². The molecule has 0 aliphatic carbocycles. The van der Waals surface area contributed by atoms with E-state index < -0.39 is 0 Å². The van der Waals surface area contributed by atoms with E-state index in [1.165, 1.54) is 6.42 Å². The van der Waals surface area contributed by atoms with Crippen LogP contribution in [0.15, 0.2) is 0 Å². The molecular formula is C8H17B. The van der Waals surface area contributed by atoms with Gasteiger partial charge in [-0.25, -0.2) is 0 Å². The summed E-state index contributed by atoms with van der Waals surface area (Å²) in [5.41, 5.74) is 0. The van der Waals surface area contributed by atoms with Crippen LogP contribution in [0.3, 0.4) is 0 Å². The van der Waals surface area contributed by atoms with E-state index in [9.17, 15) is 0 Å². The summed E-state index contributed by atoms with van der Waals surface area (Å²) < 4.78 is 0. The molecule has 0 heterocycles. The molecule has 0 aromatic heterocycles. The number of hydrogen-bond donors (Lipinski definition) is 0. The van der Waals surface area contributed by atoms with Gasteiger partial charge in [0.05, 0.1) is 7.85 Å². The van der Waals surface area contributed by atoms with Crippen LogP contribution in [-0.2, 0) is 0 Å². The molecule has 0 rings (SSSR count). The lowest BCUT2D eigenvalue weighted by atomic mass is 9.60. The van der Waals surface area contributed by atoms with Gasteiger partial charge in [-0.15, -0.1) is 0 Å². The number of rotatable bonds is 3. The predicted octanol–water partition coefficient (Wildman–Crippen LogP) is 2.79. The lowest BCUT2D eigenvalue weighted by molar-refractivity contribution is 0.389. The molecule has 0 aliphatic rings. The van der Waals surface area contributed by atoms with Crippen molar-refractivity contribution in [3.05, 3.63) is 0 Å². The summed E-state index contributed by atoms with van der Waals surface area (Å²) in [5, 5.41) is 0.0503. The van der Waals surface area contributed by atoms with Crippen molar-refractivity contribution < 1.29 is 0 Å². The second-order valence-corrected chi connectivity index (χ2v) is 3.17. The van der Waals surface area contributed by atoms with Crippen LogP contribution >= 0.6 is 0 Å². The molecule has 0 N–H and O–H groups in total. The first-order chi connectivity index (χ1) is 4.04. The van der Waals surface area contributed by atoms with Gasteiger partial charge in [-0.1, -0.05) is 45.9 Å². The number of hydrogen-bond acceptors (Lipinski definition) is 0. The molecule has 0 spiro atoms. The molecule has 0 aromatic rings. The second kappa shape index (κ2) is 3.29. The smallest absolute Gasteiger partial charge is 0.0674 e. The molecule has 0 bridgehead atoms. The Labute approximate surface area is 60.4 Å². The summed E-state index contributed by atoms with van der Waals surface area (Å²) in [7, 11) is 5.97. The zero-order valence-corrected chi connectivity index (χ0v) is 7.07. The quantitative estimate of drug-likeness (QED) is 0.507. The van der Waals surface area contributed by atoms with Gasteiger partial charge in [-0.3, -0.25) is 0 Å². The Bertz CT molecular complexity index is 76.6. The fourth-order valence-corrected chi connectivity index (χ4v) is 0.815. The van der Waals surface area contributed by atoms with E-state index in [4.69, 9.17) is 7.85 Å². The predicted molar refractivity (Wildman–Crippen MR) is 43.9 cm³/mol. The van der Waals surface area contributed by atoms with E-state index in [0.717, 1.165) is 6.42 Å². The third-order valence-corrected chi connectivity index (χ3v) is 2.50. The Morgan fingerprint density at radius 1 is 1.44 bits per heavy atom. The first-order valence-corrected chi connectivity index (χ1v) is 3.83. The Balaban J connectivity index is 3.80. The van der Waals surface area contributed by atoms with Crippen LogP contribution in [0.5, 0.6) is 0 Å². The fraction of sp³-hybridized carbons (Fsp3) is 1.00. The van der Waals surface area contributed by atoms with E-state index >= 15 is 0 Å². The SMILES string of the molecule is [B]C(C)(CC)C(C)CC. The van der Waals surface area contributed by atoms with Crippen LogP contribution in [0.2, 0.25) is 5.31 Å². The molecular weight excluding hydrogens is 107 g/mol. The molecule has 0 saturated carbocycles. The van der Waals surface area contributed by atoms with Gasteiger partial charge in [-0.2, -0.15) is 0 Å². The molecule has 52 valence electrons. The van der Waals surface area contributed by atoms with Crippen molar-refractivity contribution in [2.45, 2.75) is 45.9 Å². The van der Waals surface area contributed by atoms with Gasteiger partial charge >= 0.3 is 0 Å². The van der Waals surface area contributed by atoms with E-state index in [-0.39, 0.29) is 5.31 Å². The molecule has 0 aliphatic heterocycles.